The molecule has 134 valence electrons. The Morgan fingerprint density at radius 2 is 1.96 bits per heavy atom. The fourth-order valence-electron chi connectivity index (χ4n) is 5.75. The molecule has 1 aromatic rings. The highest BCUT2D eigenvalue weighted by Gasteiger charge is 2.76. The molecule has 5 heteroatoms. The van der Waals surface area contributed by atoms with E-state index in [1.807, 2.05) is 6.20 Å². The van der Waals surface area contributed by atoms with Gasteiger partial charge in [-0.25, -0.2) is 4.98 Å². The largest absolute Gasteiger partial charge is 0.393 e. The maximum Gasteiger partial charge on any atom is 0.231 e. The van der Waals surface area contributed by atoms with Crippen molar-refractivity contribution in [1.29, 1.82) is 0 Å². The van der Waals surface area contributed by atoms with Gasteiger partial charge in [-0.15, -0.1) is 0 Å². The highest BCUT2D eigenvalue weighted by Crippen LogP contribution is 2.68. The summed E-state index contributed by atoms with van der Waals surface area (Å²) < 4.78 is 0. The molecule has 2 saturated heterocycles. The lowest BCUT2D eigenvalue weighted by molar-refractivity contribution is -0.137. The van der Waals surface area contributed by atoms with Crippen LogP contribution in [0.2, 0.25) is 0 Å². The Morgan fingerprint density at radius 1 is 1.16 bits per heavy atom. The number of carbonyl (C=O) groups is 1. The van der Waals surface area contributed by atoms with Crippen molar-refractivity contribution in [1.82, 2.24) is 9.88 Å². The molecule has 3 atom stereocenters. The molecule has 0 bridgehead atoms. The number of anilines is 1. The van der Waals surface area contributed by atoms with E-state index in [1.54, 1.807) is 0 Å². The van der Waals surface area contributed by atoms with E-state index in [-0.39, 0.29) is 11.5 Å². The summed E-state index contributed by atoms with van der Waals surface area (Å²) in [4.78, 5) is 22.4. The molecule has 1 N–H and O–H groups in total. The van der Waals surface area contributed by atoms with Crippen LogP contribution in [-0.2, 0) is 4.79 Å². The number of nitrogens with zero attached hydrogens (tertiary/aromatic N) is 3. The van der Waals surface area contributed by atoms with Crippen LogP contribution in [-0.4, -0.2) is 52.7 Å². The average molecular weight is 341 g/mol. The van der Waals surface area contributed by atoms with Crippen LogP contribution in [0.3, 0.4) is 0 Å². The van der Waals surface area contributed by atoms with Gasteiger partial charge in [0.25, 0.3) is 0 Å². The van der Waals surface area contributed by atoms with Crippen LogP contribution in [0.15, 0.2) is 18.3 Å². The third-order valence-electron chi connectivity index (χ3n) is 7.24. The zero-order chi connectivity index (χ0) is 17.2. The lowest BCUT2D eigenvalue weighted by Crippen LogP contribution is -2.48. The van der Waals surface area contributed by atoms with E-state index in [0.717, 1.165) is 57.6 Å². The number of hydrogen-bond acceptors (Lipinski definition) is 4. The number of aliphatic hydroxyl groups is 1. The van der Waals surface area contributed by atoms with Crippen molar-refractivity contribution in [3.63, 3.8) is 0 Å². The van der Waals surface area contributed by atoms with Gasteiger partial charge in [0.1, 0.15) is 5.82 Å². The molecular formula is C20H27N3O2. The number of aliphatic hydroxyl groups excluding tert-OH is 1. The summed E-state index contributed by atoms with van der Waals surface area (Å²) in [7, 11) is 0. The molecule has 5 nitrogen and oxygen atoms in total. The second-order valence-electron chi connectivity index (χ2n) is 8.58. The van der Waals surface area contributed by atoms with Crippen molar-refractivity contribution < 1.29 is 9.90 Å². The van der Waals surface area contributed by atoms with Crippen molar-refractivity contribution in [3.05, 3.63) is 23.9 Å². The molecule has 0 aromatic carbocycles. The molecule has 1 aromatic heterocycles. The van der Waals surface area contributed by atoms with E-state index in [1.165, 1.54) is 5.56 Å². The van der Waals surface area contributed by atoms with Crippen LogP contribution in [0.5, 0.6) is 0 Å². The van der Waals surface area contributed by atoms with Crippen molar-refractivity contribution >= 4 is 11.7 Å². The van der Waals surface area contributed by atoms with E-state index in [2.05, 4.69) is 33.8 Å². The molecular weight excluding hydrogens is 314 g/mol. The normalized spacial score (nSPS) is 40.0. The third-order valence-corrected chi connectivity index (χ3v) is 7.24. The lowest BCUT2D eigenvalue weighted by Gasteiger charge is -2.38. The van der Waals surface area contributed by atoms with Gasteiger partial charge in [-0.1, -0.05) is 6.07 Å². The molecule has 0 radical (unpaired) electrons. The van der Waals surface area contributed by atoms with E-state index < -0.39 is 0 Å². The standard InChI is InChI=1S/C20H27N3O2/c1-13-2-7-18(21-10-13)22-9-8-16-17-11-23(19(25)20(16,17)12-22)14-3-5-15(24)6-4-14/h2,7,10,14-17,24H,3-6,8-9,11-12H2,1H3/t14?,15?,16?,17?,20-/m1/s1. The van der Waals surface area contributed by atoms with E-state index in [0.29, 0.717) is 23.8 Å². The van der Waals surface area contributed by atoms with Crippen molar-refractivity contribution in [3.8, 4) is 0 Å². The van der Waals surface area contributed by atoms with Crippen LogP contribution in [0.1, 0.15) is 37.7 Å². The number of amides is 1. The fourth-order valence-corrected chi connectivity index (χ4v) is 5.75. The minimum Gasteiger partial charge on any atom is -0.393 e. The first-order valence-electron chi connectivity index (χ1n) is 9.76. The Balaban J connectivity index is 1.33. The second-order valence-corrected chi connectivity index (χ2v) is 8.58. The number of hydrogen-bond donors (Lipinski definition) is 1. The predicted molar refractivity (Wildman–Crippen MR) is 95.2 cm³/mol. The highest BCUT2D eigenvalue weighted by atomic mass is 16.3. The van der Waals surface area contributed by atoms with Gasteiger partial charge in [0.15, 0.2) is 0 Å². The van der Waals surface area contributed by atoms with Crippen LogP contribution in [0, 0.1) is 24.2 Å². The minimum atomic E-state index is -0.160. The topological polar surface area (TPSA) is 56.7 Å². The van der Waals surface area contributed by atoms with Gasteiger partial charge in [0.05, 0.1) is 11.5 Å². The number of fused-ring (bicyclic) bond motifs is 1. The van der Waals surface area contributed by atoms with Crippen LogP contribution >= 0.6 is 0 Å². The van der Waals surface area contributed by atoms with Gasteiger partial charge >= 0.3 is 0 Å². The zero-order valence-electron chi connectivity index (χ0n) is 14.9. The number of aromatic nitrogens is 1. The third kappa shape index (κ3) is 2.24. The lowest BCUT2D eigenvalue weighted by atomic mass is 9.90. The Labute approximate surface area is 149 Å². The monoisotopic (exact) mass is 341 g/mol. The Kier molecular flexibility index (Phi) is 3.40. The average Bonchev–Trinajstić information content (AvgIpc) is 3.19. The van der Waals surface area contributed by atoms with Gasteiger partial charge < -0.3 is 14.9 Å². The molecule has 1 spiro atoms. The van der Waals surface area contributed by atoms with Gasteiger partial charge in [0, 0.05) is 31.9 Å². The van der Waals surface area contributed by atoms with Gasteiger partial charge in [0.2, 0.25) is 5.91 Å². The maximum atomic E-state index is 13.3. The first-order chi connectivity index (χ1) is 12.1. The predicted octanol–water partition coefficient (Wildman–Crippen LogP) is 1.98. The quantitative estimate of drug-likeness (QED) is 0.894. The summed E-state index contributed by atoms with van der Waals surface area (Å²) >= 11 is 0. The minimum absolute atomic E-state index is 0.138. The van der Waals surface area contributed by atoms with E-state index >= 15 is 0 Å². The summed E-state index contributed by atoms with van der Waals surface area (Å²) in [5, 5.41) is 9.75. The maximum absolute atomic E-state index is 13.3. The van der Waals surface area contributed by atoms with Crippen LogP contribution in [0.4, 0.5) is 5.82 Å². The number of piperidine rings is 2. The molecule has 3 heterocycles. The first-order valence-corrected chi connectivity index (χ1v) is 9.76. The fraction of sp³-hybridized carbons (Fsp3) is 0.700. The zero-order valence-corrected chi connectivity index (χ0v) is 14.9. The summed E-state index contributed by atoms with van der Waals surface area (Å²) in [5.41, 5.74) is 1.03. The number of aryl methyl sites for hydroxylation is 1. The summed E-state index contributed by atoms with van der Waals surface area (Å²) in [6, 6.07) is 4.54. The molecule has 5 rings (SSSR count). The van der Waals surface area contributed by atoms with Gasteiger partial charge in [-0.05, 0) is 62.5 Å². The van der Waals surface area contributed by atoms with Gasteiger partial charge in [-0.3, -0.25) is 4.79 Å². The smallest absolute Gasteiger partial charge is 0.231 e. The molecule has 1 amide bonds. The Hall–Kier alpha value is -1.62. The van der Waals surface area contributed by atoms with Crippen molar-refractivity contribution in [2.45, 2.75) is 51.2 Å². The van der Waals surface area contributed by atoms with E-state index in [4.69, 9.17) is 0 Å². The highest BCUT2D eigenvalue weighted by molar-refractivity contribution is 5.91. The molecule has 4 aliphatic rings. The number of pyridine rings is 1. The number of carbonyl (C=O) groups excluding carboxylic acids is 1. The molecule has 2 saturated carbocycles. The first kappa shape index (κ1) is 15.6. The van der Waals surface area contributed by atoms with Gasteiger partial charge in [-0.2, -0.15) is 0 Å². The number of rotatable bonds is 2. The molecule has 2 unspecified atom stereocenters. The molecule has 25 heavy (non-hydrogen) atoms. The van der Waals surface area contributed by atoms with Crippen molar-refractivity contribution in [2.75, 3.05) is 24.5 Å². The van der Waals surface area contributed by atoms with Crippen LogP contribution in [0.25, 0.3) is 0 Å². The van der Waals surface area contributed by atoms with E-state index in [9.17, 15) is 9.90 Å². The molecule has 2 aliphatic heterocycles. The SMILES string of the molecule is Cc1ccc(N2CCC3C4CN(C5CCC(O)CC5)C(=O)[C@]34C2)nc1. The molecule has 4 fully saturated rings. The number of likely N-dealkylation sites (tertiary alicyclic amines) is 1. The Bertz CT molecular complexity index is 683. The summed E-state index contributed by atoms with van der Waals surface area (Å²) in [5.74, 6) is 2.53. The second kappa shape index (κ2) is 5.44. The Morgan fingerprint density at radius 3 is 2.68 bits per heavy atom. The van der Waals surface area contributed by atoms with Crippen molar-refractivity contribution in [2.24, 2.45) is 17.3 Å². The summed E-state index contributed by atoms with van der Waals surface area (Å²) in [6.07, 6.45) is 6.48. The summed E-state index contributed by atoms with van der Waals surface area (Å²) in [6.45, 7) is 4.85. The van der Waals surface area contributed by atoms with Crippen LogP contribution < -0.4 is 4.90 Å². The molecule has 2 aliphatic carbocycles.